The molecule has 0 aliphatic heterocycles. The fourth-order valence-corrected chi connectivity index (χ4v) is 1.98. The molecule has 0 unspecified atom stereocenters. The number of aliphatic hydroxyl groups is 1. The normalized spacial score (nSPS) is 10.6. The first-order valence-corrected chi connectivity index (χ1v) is 7.26. The van der Waals surface area contributed by atoms with Crippen molar-refractivity contribution in [1.29, 1.82) is 0 Å². The van der Waals surface area contributed by atoms with Crippen molar-refractivity contribution >= 4 is 23.3 Å². The molecule has 0 saturated heterocycles. The Kier molecular flexibility index (Phi) is 7.90. The van der Waals surface area contributed by atoms with Crippen LogP contribution in [0.5, 0.6) is 5.75 Å². The van der Waals surface area contributed by atoms with Crippen molar-refractivity contribution in [3.05, 3.63) is 23.2 Å². The summed E-state index contributed by atoms with van der Waals surface area (Å²) in [6, 6.07) is 3.61. The number of alkyl halides is 2. The van der Waals surface area contributed by atoms with Gasteiger partial charge in [-0.1, -0.05) is 24.9 Å². The van der Waals surface area contributed by atoms with Crippen LogP contribution in [0, 0.1) is 0 Å². The van der Waals surface area contributed by atoms with E-state index in [-0.39, 0.29) is 30.0 Å². The number of hydrogen-bond donors (Lipinski definition) is 2. The minimum atomic E-state index is -2.97. The first kappa shape index (κ1) is 18.4. The summed E-state index contributed by atoms with van der Waals surface area (Å²) in [7, 11) is 0. The molecular weight excluding hydrogens is 318 g/mol. The second-order valence-corrected chi connectivity index (χ2v) is 4.93. The van der Waals surface area contributed by atoms with Gasteiger partial charge in [0.25, 0.3) is 0 Å². The second-order valence-electron chi connectivity index (χ2n) is 4.52. The summed E-state index contributed by atoms with van der Waals surface area (Å²) < 4.78 is 28.5. The summed E-state index contributed by atoms with van der Waals surface area (Å²) in [5, 5.41) is 11.6. The van der Waals surface area contributed by atoms with Crippen molar-refractivity contribution in [3.8, 4) is 5.75 Å². The van der Waals surface area contributed by atoms with Crippen LogP contribution in [0.2, 0.25) is 5.02 Å². The zero-order valence-corrected chi connectivity index (χ0v) is 12.9. The lowest BCUT2D eigenvalue weighted by Gasteiger charge is -2.22. The van der Waals surface area contributed by atoms with Crippen molar-refractivity contribution < 1.29 is 23.4 Å². The monoisotopic (exact) mass is 336 g/mol. The van der Waals surface area contributed by atoms with E-state index >= 15 is 0 Å². The van der Waals surface area contributed by atoms with Crippen LogP contribution >= 0.6 is 11.6 Å². The molecule has 1 aromatic carbocycles. The van der Waals surface area contributed by atoms with Gasteiger partial charge in [0.2, 0.25) is 0 Å². The summed E-state index contributed by atoms with van der Waals surface area (Å²) in [5.41, 5.74) is 0.357. The maximum atomic E-state index is 12.1. The molecule has 0 bridgehead atoms. The predicted molar refractivity (Wildman–Crippen MR) is 80.7 cm³/mol. The number of rotatable bonds is 8. The van der Waals surface area contributed by atoms with E-state index in [4.69, 9.17) is 16.7 Å². The quantitative estimate of drug-likeness (QED) is 0.763. The van der Waals surface area contributed by atoms with Crippen LogP contribution in [-0.4, -0.2) is 42.3 Å². The largest absolute Gasteiger partial charge is 0.433 e. The molecule has 124 valence electrons. The molecule has 0 aliphatic rings. The van der Waals surface area contributed by atoms with Gasteiger partial charge < -0.3 is 20.1 Å². The first-order valence-electron chi connectivity index (χ1n) is 6.89. The average molecular weight is 337 g/mol. The van der Waals surface area contributed by atoms with Crippen LogP contribution in [0.1, 0.15) is 19.8 Å². The molecule has 1 rings (SSSR count). The highest BCUT2D eigenvalue weighted by molar-refractivity contribution is 6.32. The van der Waals surface area contributed by atoms with Crippen LogP contribution < -0.4 is 10.1 Å². The zero-order valence-electron chi connectivity index (χ0n) is 12.2. The van der Waals surface area contributed by atoms with E-state index in [0.29, 0.717) is 12.2 Å². The van der Waals surface area contributed by atoms with Gasteiger partial charge in [0.1, 0.15) is 5.75 Å². The van der Waals surface area contributed by atoms with Crippen molar-refractivity contribution in [1.82, 2.24) is 4.90 Å². The van der Waals surface area contributed by atoms with Gasteiger partial charge in [0, 0.05) is 18.8 Å². The number of amides is 2. The lowest BCUT2D eigenvalue weighted by molar-refractivity contribution is -0.0497. The van der Waals surface area contributed by atoms with Gasteiger partial charge >= 0.3 is 12.6 Å². The zero-order chi connectivity index (χ0) is 16.5. The molecule has 0 fully saturated rings. The minimum Gasteiger partial charge on any atom is -0.433 e. The van der Waals surface area contributed by atoms with Crippen molar-refractivity contribution in [2.24, 2.45) is 0 Å². The molecule has 2 amide bonds. The van der Waals surface area contributed by atoms with Gasteiger partial charge in [-0.15, -0.1) is 0 Å². The Morgan fingerprint density at radius 2 is 2.18 bits per heavy atom. The van der Waals surface area contributed by atoms with Gasteiger partial charge in [0.05, 0.1) is 11.6 Å². The summed E-state index contributed by atoms with van der Waals surface area (Å²) in [5.74, 6) is -0.159. The summed E-state index contributed by atoms with van der Waals surface area (Å²) in [6.45, 7) is -0.377. The smallest absolute Gasteiger partial charge is 0.387 e. The van der Waals surface area contributed by atoms with E-state index < -0.39 is 6.61 Å². The number of halogens is 3. The molecule has 0 spiro atoms. The Morgan fingerprint density at radius 1 is 1.45 bits per heavy atom. The number of nitrogens with zero attached hydrogens (tertiary/aromatic N) is 1. The fraction of sp³-hybridized carbons (Fsp3) is 0.500. The number of nitrogens with one attached hydrogen (secondary N) is 1. The van der Waals surface area contributed by atoms with Crippen molar-refractivity contribution in [3.63, 3.8) is 0 Å². The first-order chi connectivity index (χ1) is 10.5. The summed E-state index contributed by atoms with van der Waals surface area (Å²) in [4.78, 5) is 13.6. The Labute approximate surface area is 132 Å². The van der Waals surface area contributed by atoms with E-state index in [2.05, 4.69) is 10.1 Å². The molecule has 2 N–H and O–H groups in total. The Hall–Kier alpha value is -1.60. The Bertz CT molecular complexity index is 489. The number of carbonyl (C=O) groups is 1. The molecule has 1 aromatic rings. The van der Waals surface area contributed by atoms with E-state index in [1.807, 2.05) is 6.92 Å². The third-order valence-electron chi connectivity index (χ3n) is 2.84. The minimum absolute atomic E-state index is 0.0274. The van der Waals surface area contributed by atoms with Crippen molar-refractivity contribution in [2.75, 3.05) is 25.0 Å². The lowest BCUT2D eigenvalue weighted by Crippen LogP contribution is -2.37. The molecule has 0 aliphatic carbocycles. The maximum absolute atomic E-state index is 12.1. The topological polar surface area (TPSA) is 61.8 Å². The van der Waals surface area contributed by atoms with Crippen LogP contribution in [0.4, 0.5) is 19.3 Å². The number of benzene rings is 1. The number of ether oxygens (including phenoxy) is 1. The average Bonchev–Trinajstić information content (AvgIpc) is 2.46. The van der Waals surface area contributed by atoms with Gasteiger partial charge in [-0.05, 0) is 24.6 Å². The highest BCUT2D eigenvalue weighted by atomic mass is 35.5. The van der Waals surface area contributed by atoms with E-state index in [9.17, 15) is 13.6 Å². The van der Waals surface area contributed by atoms with Crippen LogP contribution in [-0.2, 0) is 0 Å². The van der Waals surface area contributed by atoms with E-state index in [1.54, 1.807) is 0 Å². The fourth-order valence-electron chi connectivity index (χ4n) is 1.76. The highest BCUT2D eigenvalue weighted by Gasteiger charge is 2.14. The van der Waals surface area contributed by atoms with Crippen molar-refractivity contribution in [2.45, 2.75) is 26.4 Å². The second kappa shape index (κ2) is 9.42. The molecule has 22 heavy (non-hydrogen) atoms. The lowest BCUT2D eigenvalue weighted by atomic mass is 10.3. The van der Waals surface area contributed by atoms with Gasteiger partial charge in [0.15, 0.2) is 0 Å². The SMILES string of the molecule is CCCCN(CCO)C(=O)Nc1ccc(OC(F)F)c(Cl)c1. The van der Waals surface area contributed by atoms with Gasteiger partial charge in [-0.3, -0.25) is 0 Å². The maximum Gasteiger partial charge on any atom is 0.387 e. The number of anilines is 1. The highest BCUT2D eigenvalue weighted by Crippen LogP contribution is 2.29. The number of hydrogen-bond acceptors (Lipinski definition) is 3. The number of aliphatic hydroxyl groups excluding tert-OH is 1. The molecule has 0 atom stereocenters. The van der Waals surface area contributed by atoms with Crippen LogP contribution in [0.25, 0.3) is 0 Å². The summed E-state index contributed by atoms with van der Waals surface area (Å²) >= 11 is 5.82. The van der Waals surface area contributed by atoms with Crippen LogP contribution in [0.15, 0.2) is 18.2 Å². The molecule has 0 radical (unpaired) electrons. The van der Waals surface area contributed by atoms with E-state index in [1.165, 1.54) is 23.1 Å². The number of urea groups is 1. The summed E-state index contributed by atoms with van der Waals surface area (Å²) in [6.07, 6.45) is 1.73. The Morgan fingerprint density at radius 3 is 2.73 bits per heavy atom. The van der Waals surface area contributed by atoms with Gasteiger partial charge in [-0.2, -0.15) is 8.78 Å². The molecular formula is C14H19ClF2N2O3. The van der Waals surface area contributed by atoms with E-state index in [0.717, 1.165) is 12.8 Å². The molecule has 5 nitrogen and oxygen atoms in total. The molecule has 0 saturated carbocycles. The number of carbonyl (C=O) groups excluding carboxylic acids is 1. The predicted octanol–water partition coefficient (Wildman–Crippen LogP) is 3.57. The third-order valence-corrected chi connectivity index (χ3v) is 3.13. The standard InChI is InChI=1S/C14H19ClF2N2O3/c1-2-3-6-19(7-8-20)14(21)18-10-4-5-12(11(15)9-10)22-13(16)17/h4-5,9,13,20H,2-3,6-8H2,1H3,(H,18,21). The van der Waals surface area contributed by atoms with Crippen LogP contribution in [0.3, 0.4) is 0 Å². The third kappa shape index (κ3) is 6.03. The number of unbranched alkanes of at least 4 members (excludes halogenated alkanes) is 1. The molecule has 0 aromatic heterocycles. The Balaban J connectivity index is 2.71. The van der Waals surface area contributed by atoms with Gasteiger partial charge in [-0.25, -0.2) is 4.79 Å². The molecule has 8 heteroatoms. The molecule has 0 heterocycles.